The van der Waals surface area contributed by atoms with Crippen molar-refractivity contribution in [1.29, 1.82) is 0 Å². The molecule has 0 aromatic heterocycles. The first kappa shape index (κ1) is 10.6. The van der Waals surface area contributed by atoms with Gasteiger partial charge in [0.25, 0.3) is 0 Å². The Hall–Kier alpha value is -0.870. The van der Waals surface area contributed by atoms with E-state index in [2.05, 4.69) is 0 Å². The second-order valence-corrected chi connectivity index (χ2v) is 5.12. The number of benzene rings is 1. The van der Waals surface area contributed by atoms with Gasteiger partial charge in [0.2, 0.25) is 0 Å². The summed E-state index contributed by atoms with van der Waals surface area (Å²) in [6, 6.07) is 5.02. The smallest absolute Gasteiger partial charge is 0.138 e. The molecule has 0 aliphatic carbocycles. The largest absolute Gasteiger partial charge is 0.506 e. The summed E-state index contributed by atoms with van der Waals surface area (Å²) in [5, 5.41) is 19.8. The molecular formula is C11H15NO2S. The standard InChI is InChI=1S/C11H15NO2S/c12-10-7(3-1-4-8(10)13)11(14)9-5-2-6-15-9/h1,3-4,9,11,13-14H,2,5-6,12H2. The van der Waals surface area contributed by atoms with Gasteiger partial charge in [0.1, 0.15) is 5.75 Å². The molecule has 1 aliphatic heterocycles. The van der Waals surface area contributed by atoms with Gasteiger partial charge in [0.05, 0.1) is 11.8 Å². The molecule has 82 valence electrons. The molecule has 0 bridgehead atoms. The van der Waals surface area contributed by atoms with Crippen LogP contribution in [0.15, 0.2) is 18.2 Å². The van der Waals surface area contributed by atoms with Crippen molar-refractivity contribution in [3.63, 3.8) is 0 Å². The zero-order valence-corrected chi connectivity index (χ0v) is 9.20. The summed E-state index contributed by atoms with van der Waals surface area (Å²) in [6.45, 7) is 0. The number of nitrogens with two attached hydrogens (primary N) is 1. The summed E-state index contributed by atoms with van der Waals surface area (Å²) in [4.78, 5) is 0. The minimum Gasteiger partial charge on any atom is -0.506 e. The van der Waals surface area contributed by atoms with Crippen molar-refractivity contribution in [2.45, 2.75) is 24.2 Å². The highest BCUT2D eigenvalue weighted by Gasteiger charge is 2.26. The fourth-order valence-electron chi connectivity index (χ4n) is 1.88. The molecule has 1 aromatic rings. The molecule has 0 radical (unpaired) electrons. The van der Waals surface area contributed by atoms with Crippen molar-refractivity contribution >= 4 is 17.4 Å². The van der Waals surface area contributed by atoms with E-state index >= 15 is 0 Å². The van der Waals surface area contributed by atoms with E-state index in [9.17, 15) is 10.2 Å². The van der Waals surface area contributed by atoms with Crippen LogP contribution in [0, 0.1) is 0 Å². The van der Waals surface area contributed by atoms with E-state index < -0.39 is 6.10 Å². The van der Waals surface area contributed by atoms with E-state index in [-0.39, 0.29) is 11.0 Å². The number of aliphatic hydroxyl groups is 1. The minimum absolute atomic E-state index is 0.0505. The summed E-state index contributed by atoms with van der Waals surface area (Å²) in [6.07, 6.45) is 1.59. The van der Waals surface area contributed by atoms with Crippen molar-refractivity contribution < 1.29 is 10.2 Å². The van der Waals surface area contributed by atoms with Crippen molar-refractivity contribution in [3.8, 4) is 5.75 Å². The van der Waals surface area contributed by atoms with Gasteiger partial charge in [-0.15, -0.1) is 0 Å². The van der Waals surface area contributed by atoms with E-state index in [4.69, 9.17) is 5.73 Å². The average molecular weight is 225 g/mol. The zero-order chi connectivity index (χ0) is 10.8. The van der Waals surface area contributed by atoms with Gasteiger partial charge < -0.3 is 15.9 Å². The second kappa shape index (κ2) is 4.33. The number of rotatable bonds is 2. The van der Waals surface area contributed by atoms with Crippen LogP contribution < -0.4 is 5.73 Å². The number of phenolic OH excluding ortho intramolecular Hbond substituents is 1. The number of phenols is 1. The van der Waals surface area contributed by atoms with Crippen molar-refractivity contribution in [3.05, 3.63) is 23.8 Å². The molecular weight excluding hydrogens is 210 g/mol. The van der Waals surface area contributed by atoms with Crippen LogP contribution in [-0.4, -0.2) is 21.2 Å². The minimum atomic E-state index is -0.565. The summed E-state index contributed by atoms with van der Waals surface area (Å²) in [5.74, 6) is 1.15. The Balaban J connectivity index is 2.24. The van der Waals surface area contributed by atoms with E-state index in [0.717, 1.165) is 18.6 Å². The first-order valence-corrected chi connectivity index (χ1v) is 6.12. The third kappa shape index (κ3) is 2.06. The van der Waals surface area contributed by atoms with Crippen LogP contribution in [0.2, 0.25) is 0 Å². The number of aromatic hydroxyl groups is 1. The molecule has 1 heterocycles. The van der Waals surface area contributed by atoms with Crippen LogP contribution in [0.25, 0.3) is 0 Å². The lowest BCUT2D eigenvalue weighted by Crippen LogP contribution is -2.13. The fourth-order valence-corrected chi connectivity index (χ4v) is 3.18. The number of para-hydroxylation sites is 1. The zero-order valence-electron chi connectivity index (χ0n) is 8.39. The number of nitrogen functional groups attached to an aromatic ring is 1. The van der Waals surface area contributed by atoms with E-state index in [1.54, 1.807) is 23.9 Å². The van der Waals surface area contributed by atoms with Crippen molar-refractivity contribution in [2.75, 3.05) is 11.5 Å². The predicted octanol–water partition coefficient (Wildman–Crippen LogP) is 1.90. The maximum atomic E-state index is 10.1. The molecule has 2 unspecified atom stereocenters. The van der Waals surface area contributed by atoms with Crippen LogP contribution in [0.1, 0.15) is 24.5 Å². The van der Waals surface area contributed by atoms with Gasteiger partial charge in [-0.1, -0.05) is 12.1 Å². The van der Waals surface area contributed by atoms with Gasteiger partial charge >= 0.3 is 0 Å². The first-order chi connectivity index (χ1) is 7.20. The molecule has 2 rings (SSSR count). The highest BCUT2D eigenvalue weighted by atomic mass is 32.2. The van der Waals surface area contributed by atoms with E-state index in [1.807, 2.05) is 0 Å². The molecule has 15 heavy (non-hydrogen) atoms. The van der Waals surface area contributed by atoms with Gasteiger partial charge in [0, 0.05) is 10.8 Å². The molecule has 3 nitrogen and oxygen atoms in total. The second-order valence-electron chi connectivity index (χ2n) is 3.78. The number of aliphatic hydroxyl groups excluding tert-OH is 1. The Bertz CT molecular complexity index is 350. The molecule has 4 N–H and O–H groups in total. The summed E-state index contributed by atoms with van der Waals surface area (Å²) in [5.41, 5.74) is 6.68. The van der Waals surface area contributed by atoms with E-state index in [1.165, 1.54) is 6.07 Å². The maximum absolute atomic E-state index is 10.1. The van der Waals surface area contributed by atoms with Gasteiger partial charge in [-0.25, -0.2) is 0 Å². The lowest BCUT2D eigenvalue weighted by atomic mass is 10.0. The molecule has 1 saturated heterocycles. The molecule has 0 amide bonds. The van der Waals surface area contributed by atoms with Crippen molar-refractivity contribution in [2.24, 2.45) is 0 Å². The van der Waals surface area contributed by atoms with Gasteiger partial charge in [-0.2, -0.15) is 11.8 Å². The summed E-state index contributed by atoms with van der Waals surface area (Å²) >= 11 is 1.77. The SMILES string of the molecule is Nc1c(O)cccc1C(O)C1CCCS1. The Morgan fingerprint density at radius 3 is 2.93 bits per heavy atom. The van der Waals surface area contributed by atoms with E-state index in [0.29, 0.717) is 11.3 Å². The van der Waals surface area contributed by atoms with Crippen LogP contribution in [0.5, 0.6) is 5.75 Å². The Morgan fingerprint density at radius 2 is 2.27 bits per heavy atom. The Kier molecular flexibility index (Phi) is 3.07. The first-order valence-electron chi connectivity index (χ1n) is 5.07. The normalized spacial score (nSPS) is 22.9. The number of hydrogen-bond donors (Lipinski definition) is 3. The van der Waals surface area contributed by atoms with Gasteiger partial charge in [-0.3, -0.25) is 0 Å². The number of thioether (sulfide) groups is 1. The monoisotopic (exact) mass is 225 g/mol. The Morgan fingerprint density at radius 1 is 1.47 bits per heavy atom. The van der Waals surface area contributed by atoms with Crippen LogP contribution in [0.3, 0.4) is 0 Å². The molecule has 0 spiro atoms. The van der Waals surface area contributed by atoms with Gasteiger partial charge in [-0.05, 0) is 24.7 Å². The Labute approximate surface area is 93.3 Å². The summed E-state index contributed by atoms with van der Waals surface area (Å²) < 4.78 is 0. The quantitative estimate of drug-likeness (QED) is 0.531. The molecule has 2 atom stereocenters. The average Bonchev–Trinajstić information content (AvgIpc) is 2.74. The lowest BCUT2D eigenvalue weighted by Gasteiger charge is -2.19. The predicted molar refractivity (Wildman–Crippen MR) is 63.0 cm³/mol. The third-order valence-corrected chi connectivity index (χ3v) is 4.20. The molecule has 1 fully saturated rings. The van der Waals surface area contributed by atoms with Crippen LogP contribution >= 0.6 is 11.8 Å². The summed E-state index contributed by atoms with van der Waals surface area (Å²) in [7, 11) is 0. The third-order valence-electron chi connectivity index (χ3n) is 2.75. The molecule has 4 heteroatoms. The number of hydrogen-bond acceptors (Lipinski definition) is 4. The highest BCUT2D eigenvalue weighted by molar-refractivity contribution is 8.00. The van der Waals surface area contributed by atoms with Crippen LogP contribution in [0.4, 0.5) is 5.69 Å². The topological polar surface area (TPSA) is 66.5 Å². The lowest BCUT2D eigenvalue weighted by molar-refractivity contribution is 0.173. The molecule has 1 aromatic carbocycles. The maximum Gasteiger partial charge on any atom is 0.138 e. The highest BCUT2D eigenvalue weighted by Crippen LogP contribution is 2.39. The fraction of sp³-hybridized carbons (Fsp3) is 0.455. The molecule has 0 saturated carbocycles. The number of anilines is 1. The van der Waals surface area contributed by atoms with Crippen LogP contribution in [-0.2, 0) is 0 Å². The molecule has 1 aliphatic rings. The van der Waals surface area contributed by atoms with Gasteiger partial charge in [0.15, 0.2) is 0 Å². The van der Waals surface area contributed by atoms with Crippen molar-refractivity contribution in [1.82, 2.24) is 0 Å².